The van der Waals surface area contributed by atoms with Gasteiger partial charge in [0.15, 0.2) is 0 Å². The standard InChI is InChI=1S/C13H21N3O2/c1-12(2,3)18-11(17)16-9-13(4,5)10-14-7-6-8-15-10/h6-8H,9H2,1-5H3,(H,16,17). The van der Waals surface area contributed by atoms with Gasteiger partial charge in [0.1, 0.15) is 11.4 Å². The van der Waals surface area contributed by atoms with Gasteiger partial charge < -0.3 is 10.1 Å². The van der Waals surface area contributed by atoms with Crippen molar-refractivity contribution >= 4 is 6.09 Å². The average Bonchev–Trinajstić information content (AvgIpc) is 2.26. The Hall–Kier alpha value is -1.65. The first-order valence-corrected chi connectivity index (χ1v) is 5.95. The summed E-state index contributed by atoms with van der Waals surface area (Å²) in [5, 5.41) is 2.74. The van der Waals surface area contributed by atoms with Crippen LogP contribution in [0.4, 0.5) is 4.79 Å². The zero-order chi connectivity index (χ0) is 13.8. The molecule has 0 aliphatic carbocycles. The SMILES string of the molecule is CC(C)(C)OC(=O)NCC(C)(C)c1ncccn1. The minimum absolute atomic E-state index is 0.335. The molecule has 0 saturated heterocycles. The zero-order valence-corrected chi connectivity index (χ0v) is 11.7. The molecule has 0 atom stereocenters. The molecule has 100 valence electrons. The van der Waals surface area contributed by atoms with Gasteiger partial charge in [-0.2, -0.15) is 0 Å². The van der Waals surface area contributed by atoms with Gasteiger partial charge in [0.05, 0.1) is 0 Å². The first kappa shape index (κ1) is 14.4. The van der Waals surface area contributed by atoms with E-state index in [1.165, 1.54) is 0 Å². The summed E-state index contributed by atoms with van der Waals surface area (Å²) in [6.07, 6.45) is 2.96. The highest BCUT2D eigenvalue weighted by molar-refractivity contribution is 5.67. The van der Waals surface area contributed by atoms with Crippen molar-refractivity contribution in [2.24, 2.45) is 0 Å². The number of ether oxygens (including phenoxy) is 1. The molecule has 18 heavy (non-hydrogen) atoms. The minimum atomic E-state index is -0.489. The zero-order valence-electron chi connectivity index (χ0n) is 11.7. The lowest BCUT2D eigenvalue weighted by molar-refractivity contribution is 0.0516. The molecule has 0 fully saturated rings. The molecule has 0 aliphatic rings. The van der Waals surface area contributed by atoms with Crippen molar-refractivity contribution in [3.05, 3.63) is 24.3 Å². The van der Waals surface area contributed by atoms with Crippen molar-refractivity contribution in [2.45, 2.75) is 45.6 Å². The molecule has 0 aliphatic heterocycles. The van der Waals surface area contributed by atoms with E-state index in [2.05, 4.69) is 15.3 Å². The Morgan fingerprint density at radius 3 is 2.28 bits per heavy atom. The number of hydrogen-bond donors (Lipinski definition) is 1. The maximum Gasteiger partial charge on any atom is 0.407 e. The van der Waals surface area contributed by atoms with Crippen LogP contribution in [0.5, 0.6) is 0 Å². The molecule has 1 heterocycles. The van der Waals surface area contributed by atoms with Gasteiger partial charge >= 0.3 is 6.09 Å². The van der Waals surface area contributed by atoms with Crippen molar-refractivity contribution in [1.29, 1.82) is 0 Å². The summed E-state index contributed by atoms with van der Waals surface area (Å²) in [6, 6.07) is 1.76. The Bertz CT molecular complexity index is 396. The van der Waals surface area contributed by atoms with Gasteiger partial charge in [-0.25, -0.2) is 14.8 Å². The number of aromatic nitrogens is 2. The van der Waals surface area contributed by atoms with Gasteiger partial charge in [-0.05, 0) is 26.8 Å². The van der Waals surface area contributed by atoms with Crippen LogP contribution in [0.3, 0.4) is 0 Å². The van der Waals surface area contributed by atoms with Gasteiger partial charge in [-0.3, -0.25) is 0 Å². The lowest BCUT2D eigenvalue weighted by Crippen LogP contribution is -2.40. The smallest absolute Gasteiger partial charge is 0.407 e. The van der Waals surface area contributed by atoms with Gasteiger partial charge in [0, 0.05) is 24.4 Å². The number of alkyl carbamates (subject to hydrolysis) is 1. The topological polar surface area (TPSA) is 64.1 Å². The first-order chi connectivity index (χ1) is 8.21. The van der Waals surface area contributed by atoms with E-state index in [9.17, 15) is 4.79 Å². The van der Waals surface area contributed by atoms with Crippen molar-refractivity contribution < 1.29 is 9.53 Å². The summed E-state index contributed by atoms with van der Waals surface area (Å²) in [4.78, 5) is 20.0. The molecule has 0 spiro atoms. The van der Waals surface area contributed by atoms with Crippen molar-refractivity contribution in [1.82, 2.24) is 15.3 Å². The molecule has 0 unspecified atom stereocenters. The number of rotatable bonds is 3. The summed E-state index contributed by atoms with van der Waals surface area (Å²) in [7, 11) is 0. The van der Waals surface area contributed by atoms with E-state index in [4.69, 9.17) is 4.74 Å². The third kappa shape index (κ3) is 4.69. The highest BCUT2D eigenvalue weighted by Gasteiger charge is 2.25. The lowest BCUT2D eigenvalue weighted by atomic mass is 9.92. The highest BCUT2D eigenvalue weighted by Crippen LogP contribution is 2.17. The molecule has 1 rings (SSSR count). The second-order valence-electron chi connectivity index (χ2n) is 5.81. The third-order valence-corrected chi connectivity index (χ3v) is 2.24. The van der Waals surface area contributed by atoms with E-state index in [0.717, 1.165) is 0 Å². The van der Waals surface area contributed by atoms with E-state index < -0.39 is 11.7 Å². The molecule has 1 aromatic heterocycles. The summed E-state index contributed by atoms with van der Waals surface area (Å²) >= 11 is 0. The molecule has 0 aromatic carbocycles. The van der Waals surface area contributed by atoms with Crippen LogP contribution in [-0.4, -0.2) is 28.2 Å². The Morgan fingerprint density at radius 2 is 1.78 bits per heavy atom. The molecule has 0 saturated carbocycles. The van der Waals surface area contributed by atoms with Gasteiger partial charge in [0.25, 0.3) is 0 Å². The Kier molecular flexibility index (Phi) is 4.27. The minimum Gasteiger partial charge on any atom is -0.444 e. The monoisotopic (exact) mass is 251 g/mol. The van der Waals surface area contributed by atoms with Crippen molar-refractivity contribution in [2.75, 3.05) is 6.54 Å². The third-order valence-electron chi connectivity index (χ3n) is 2.24. The van der Waals surface area contributed by atoms with Crippen LogP contribution in [0.2, 0.25) is 0 Å². The molecular formula is C13H21N3O2. The molecule has 0 radical (unpaired) electrons. The maximum atomic E-state index is 11.6. The highest BCUT2D eigenvalue weighted by atomic mass is 16.6. The van der Waals surface area contributed by atoms with Crippen LogP contribution in [0.1, 0.15) is 40.4 Å². The summed E-state index contributed by atoms with van der Waals surface area (Å²) in [5.74, 6) is 0.695. The van der Waals surface area contributed by atoms with Gasteiger partial charge in [-0.1, -0.05) is 13.8 Å². The number of amides is 1. The van der Waals surface area contributed by atoms with Crippen LogP contribution in [0.25, 0.3) is 0 Å². The van der Waals surface area contributed by atoms with Crippen molar-refractivity contribution in [3.8, 4) is 0 Å². The summed E-state index contributed by atoms with van der Waals surface area (Å²) < 4.78 is 5.18. The first-order valence-electron chi connectivity index (χ1n) is 5.95. The molecule has 1 N–H and O–H groups in total. The second-order valence-corrected chi connectivity index (χ2v) is 5.81. The van der Waals surface area contributed by atoms with E-state index >= 15 is 0 Å². The van der Waals surface area contributed by atoms with E-state index in [1.54, 1.807) is 18.5 Å². The maximum absolute atomic E-state index is 11.6. The lowest BCUT2D eigenvalue weighted by Gasteiger charge is -2.25. The van der Waals surface area contributed by atoms with Crippen LogP contribution in [0.15, 0.2) is 18.5 Å². The molecule has 5 nitrogen and oxygen atoms in total. The molecule has 1 aromatic rings. The number of nitrogens with zero attached hydrogens (tertiary/aromatic N) is 2. The van der Waals surface area contributed by atoms with Crippen molar-refractivity contribution in [3.63, 3.8) is 0 Å². The van der Waals surface area contributed by atoms with E-state index in [1.807, 2.05) is 34.6 Å². The second kappa shape index (κ2) is 5.33. The van der Waals surface area contributed by atoms with Crippen LogP contribution < -0.4 is 5.32 Å². The molecule has 1 amide bonds. The average molecular weight is 251 g/mol. The predicted molar refractivity (Wildman–Crippen MR) is 69.3 cm³/mol. The van der Waals surface area contributed by atoms with Crippen LogP contribution in [0, 0.1) is 0 Å². The fraction of sp³-hybridized carbons (Fsp3) is 0.615. The Morgan fingerprint density at radius 1 is 1.22 bits per heavy atom. The number of carbonyl (C=O) groups is 1. The van der Waals surface area contributed by atoms with Gasteiger partial charge in [-0.15, -0.1) is 0 Å². The van der Waals surface area contributed by atoms with Gasteiger partial charge in [0.2, 0.25) is 0 Å². The fourth-order valence-electron chi connectivity index (χ4n) is 1.33. The fourth-order valence-corrected chi connectivity index (χ4v) is 1.33. The quantitative estimate of drug-likeness (QED) is 0.895. The number of hydrogen-bond acceptors (Lipinski definition) is 4. The van der Waals surface area contributed by atoms with Crippen LogP contribution >= 0.6 is 0 Å². The van der Waals surface area contributed by atoms with Crippen LogP contribution in [-0.2, 0) is 10.2 Å². The predicted octanol–water partition coefficient (Wildman–Crippen LogP) is 2.28. The normalized spacial score (nSPS) is 12.1. The summed E-state index contributed by atoms with van der Waals surface area (Å²) in [5.41, 5.74) is -0.824. The molecule has 5 heteroatoms. The Labute approximate surface area is 108 Å². The molecule has 0 bridgehead atoms. The number of nitrogens with one attached hydrogen (secondary N) is 1. The van der Waals surface area contributed by atoms with E-state index in [0.29, 0.717) is 12.4 Å². The largest absolute Gasteiger partial charge is 0.444 e. The Balaban J connectivity index is 2.55. The molecular weight excluding hydrogens is 230 g/mol. The summed E-state index contributed by atoms with van der Waals surface area (Å²) in [6.45, 7) is 9.86. The number of carbonyl (C=O) groups excluding carboxylic acids is 1. The van der Waals surface area contributed by atoms with E-state index in [-0.39, 0.29) is 5.41 Å².